The third kappa shape index (κ3) is 4.26. The minimum Gasteiger partial charge on any atom is -0.340 e. The first-order valence-corrected chi connectivity index (χ1v) is 6.70. The van der Waals surface area contributed by atoms with Gasteiger partial charge in [0.1, 0.15) is 0 Å². The van der Waals surface area contributed by atoms with Crippen LogP contribution in [0.4, 0.5) is 0 Å². The minimum absolute atomic E-state index is 0. The quantitative estimate of drug-likeness (QED) is 0.900. The van der Waals surface area contributed by atoms with Gasteiger partial charge in [0.25, 0.3) is 0 Å². The predicted octanol–water partition coefficient (Wildman–Crippen LogP) is 2.23. The molecule has 3 nitrogen and oxygen atoms in total. The largest absolute Gasteiger partial charge is 0.340 e. The molecule has 2 rings (SSSR count). The molecule has 18 heavy (non-hydrogen) atoms. The second-order valence-electron chi connectivity index (χ2n) is 4.50. The van der Waals surface area contributed by atoms with E-state index in [1.807, 2.05) is 29.2 Å². The summed E-state index contributed by atoms with van der Waals surface area (Å²) in [6, 6.07) is 8.34. The SMILES string of the molecule is C[C@@H]1CN(C(=O)Cc2ccc(Br)cc2)CCN1.Cl. The summed E-state index contributed by atoms with van der Waals surface area (Å²) >= 11 is 3.39. The molecule has 1 aliphatic rings. The number of halogens is 2. The molecular weight excluding hydrogens is 316 g/mol. The molecule has 1 heterocycles. The van der Waals surface area contributed by atoms with Gasteiger partial charge >= 0.3 is 0 Å². The standard InChI is InChI=1S/C13H17BrN2O.ClH/c1-10-9-16(7-6-15-10)13(17)8-11-2-4-12(14)5-3-11;/h2-5,10,15H,6-9H2,1H3;1H/t10-;/m1./s1. The van der Waals surface area contributed by atoms with Crippen molar-refractivity contribution >= 4 is 34.2 Å². The van der Waals surface area contributed by atoms with Gasteiger partial charge in [-0.1, -0.05) is 28.1 Å². The molecule has 1 aromatic rings. The molecule has 1 aromatic carbocycles. The molecule has 0 bridgehead atoms. The van der Waals surface area contributed by atoms with Crippen LogP contribution in [0.2, 0.25) is 0 Å². The fourth-order valence-electron chi connectivity index (χ4n) is 2.05. The molecule has 5 heteroatoms. The number of rotatable bonds is 2. The van der Waals surface area contributed by atoms with Crippen LogP contribution in [0.5, 0.6) is 0 Å². The first-order valence-electron chi connectivity index (χ1n) is 5.91. The summed E-state index contributed by atoms with van der Waals surface area (Å²) in [4.78, 5) is 14.0. The average molecular weight is 334 g/mol. The van der Waals surface area contributed by atoms with Gasteiger partial charge in [-0.2, -0.15) is 0 Å². The van der Waals surface area contributed by atoms with Crippen molar-refractivity contribution in [3.63, 3.8) is 0 Å². The molecule has 0 radical (unpaired) electrons. The first kappa shape index (κ1) is 15.5. The molecule has 1 fully saturated rings. The highest BCUT2D eigenvalue weighted by molar-refractivity contribution is 9.10. The molecule has 1 atom stereocenters. The van der Waals surface area contributed by atoms with E-state index in [4.69, 9.17) is 0 Å². The molecule has 1 aliphatic heterocycles. The number of nitrogens with zero attached hydrogens (tertiary/aromatic N) is 1. The zero-order chi connectivity index (χ0) is 12.3. The zero-order valence-electron chi connectivity index (χ0n) is 10.4. The Morgan fingerprint density at radius 2 is 2.11 bits per heavy atom. The lowest BCUT2D eigenvalue weighted by molar-refractivity contribution is -0.131. The number of piperazine rings is 1. The Bertz CT molecular complexity index is 396. The third-order valence-corrected chi connectivity index (χ3v) is 3.52. The van der Waals surface area contributed by atoms with Gasteiger partial charge in [0.2, 0.25) is 5.91 Å². The van der Waals surface area contributed by atoms with E-state index in [1.165, 1.54) is 0 Å². The van der Waals surface area contributed by atoms with Gasteiger partial charge in [-0.15, -0.1) is 12.4 Å². The van der Waals surface area contributed by atoms with Crippen LogP contribution in [0.25, 0.3) is 0 Å². The summed E-state index contributed by atoms with van der Waals surface area (Å²) in [5.41, 5.74) is 1.07. The second-order valence-corrected chi connectivity index (χ2v) is 5.41. The van der Waals surface area contributed by atoms with Crippen LogP contribution in [0.1, 0.15) is 12.5 Å². The van der Waals surface area contributed by atoms with E-state index in [0.717, 1.165) is 29.7 Å². The summed E-state index contributed by atoms with van der Waals surface area (Å²) in [6.07, 6.45) is 0.500. The van der Waals surface area contributed by atoms with Gasteiger partial charge in [-0.25, -0.2) is 0 Å². The van der Waals surface area contributed by atoms with Crippen molar-refractivity contribution < 1.29 is 4.79 Å². The molecular formula is C13H18BrClN2O. The van der Waals surface area contributed by atoms with E-state index in [0.29, 0.717) is 12.5 Å². The normalized spacial score (nSPS) is 19.2. The lowest BCUT2D eigenvalue weighted by Crippen LogP contribution is -2.51. The fraction of sp³-hybridized carbons (Fsp3) is 0.462. The second kappa shape index (κ2) is 7.12. The number of benzene rings is 1. The molecule has 1 saturated heterocycles. The Morgan fingerprint density at radius 1 is 1.44 bits per heavy atom. The Morgan fingerprint density at radius 3 is 2.72 bits per heavy atom. The van der Waals surface area contributed by atoms with E-state index < -0.39 is 0 Å². The predicted molar refractivity (Wildman–Crippen MR) is 79.1 cm³/mol. The van der Waals surface area contributed by atoms with Crippen molar-refractivity contribution in [3.05, 3.63) is 34.3 Å². The van der Waals surface area contributed by atoms with Crippen molar-refractivity contribution in [2.24, 2.45) is 0 Å². The number of carbonyl (C=O) groups excluding carboxylic acids is 1. The van der Waals surface area contributed by atoms with Crippen LogP contribution in [0, 0.1) is 0 Å². The highest BCUT2D eigenvalue weighted by Crippen LogP contribution is 2.12. The van der Waals surface area contributed by atoms with E-state index in [9.17, 15) is 4.79 Å². The summed E-state index contributed by atoms with van der Waals surface area (Å²) < 4.78 is 1.05. The number of nitrogens with one attached hydrogen (secondary N) is 1. The lowest BCUT2D eigenvalue weighted by atomic mass is 10.1. The van der Waals surface area contributed by atoms with Gasteiger partial charge in [0.15, 0.2) is 0 Å². The summed E-state index contributed by atoms with van der Waals surface area (Å²) in [7, 11) is 0. The van der Waals surface area contributed by atoms with Gasteiger partial charge in [-0.3, -0.25) is 4.79 Å². The summed E-state index contributed by atoms with van der Waals surface area (Å²) in [6.45, 7) is 4.64. The third-order valence-electron chi connectivity index (χ3n) is 2.99. The van der Waals surface area contributed by atoms with Crippen LogP contribution in [-0.4, -0.2) is 36.5 Å². The van der Waals surface area contributed by atoms with E-state index in [-0.39, 0.29) is 18.3 Å². The Kier molecular flexibility index (Phi) is 6.12. The summed E-state index contributed by atoms with van der Waals surface area (Å²) in [5.74, 6) is 0.223. The maximum atomic E-state index is 12.1. The Labute approximate surface area is 122 Å². The molecule has 0 saturated carbocycles. The topological polar surface area (TPSA) is 32.3 Å². The minimum atomic E-state index is 0. The van der Waals surface area contributed by atoms with Crippen LogP contribution < -0.4 is 5.32 Å². The van der Waals surface area contributed by atoms with Crippen molar-refractivity contribution in [1.29, 1.82) is 0 Å². The zero-order valence-corrected chi connectivity index (χ0v) is 12.8. The number of hydrogen-bond acceptors (Lipinski definition) is 2. The maximum absolute atomic E-state index is 12.1. The molecule has 1 amide bonds. The average Bonchev–Trinajstić information content (AvgIpc) is 2.32. The van der Waals surface area contributed by atoms with Crippen molar-refractivity contribution in [3.8, 4) is 0 Å². The first-order chi connectivity index (χ1) is 8.15. The van der Waals surface area contributed by atoms with Gasteiger partial charge in [0.05, 0.1) is 6.42 Å². The smallest absolute Gasteiger partial charge is 0.227 e. The lowest BCUT2D eigenvalue weighted by Gasteiger charge is -2.32. The van der Waals surface area contributed by atoms with Crippen LogP contribution in [-0.2, 0) is 11.2 Å². The van der Waals surface area contributed by atoms with E-state index >= 15 is 0 Å². The van der Waals surface area contributed by atoms with Gasteiger partial charge in [-0.05, 0) is 24.6 Å². The van der Waals surface area contributed by atoms with Crippen LogP contribution in [0.15, 0.2) is 28.7 Å². The Balaban J connectivity index is 0.00000162. The van der Waals surface area contributed by atoms with Crippen molar-refractivity contribution in [2.45, 2.75) is 19.4 Å². The molecule has 0 unspecified atom stereocenters. The molecule has 0 aliphatic carbocycles. The highest BCUT2D eigenvalue weighted by Gasteiger charge is 2.20. The van der Waals surface area contributed by atoms with E-state index in [2.05, 4.69) is 28.2 Å². The van der Waals surface area contributed by atoms with Crippen molar-refractivity contribution in [1.82, 2.24) is 10.2 Å². The molecule has 1 N–H and O–H groups in total. The number of amides is 1. The van der Waals surface area contributed by atoms with Crippen LogP contribution in [0.3, 0.4) is 0 Å². The van der Waals surface area contributed by atoms with Gasteiger partial charge in [0, 0.05) is 30.1 Å². The maximum Gasteiger partial charge on any atom is 0.227 e. The Hall–Kier alpha value is -0.580. The van der Waals surface area contributed by atoms with Gasteiger partial charge < -0.3 is 10.2 Å². The summed E-state index contributed by atoms with van der Waals surface area (Å²) in [5, 5.41) is 3.34. The van der Waals surface area contributed by atoms with Crippen molar-refractivity contribution in [2.75, 3.05) is 19.6 Å². The fourth-order valence-corrected chi connectivity index (χ4v) is 2.31. The molecule has 0 aromatic heterocycles. The molecule has 0 spiro atoms. The monoisotopic (exact) mass is 332 g/mol. The number of carbonyl (C=O) groups is 1. The molecule has 100 valence electrons. The van der Waals surface area contributed by atoms with E-state index in [1.54, 1.807) is 0 Å². The van der Waals surface area contributed by atoms with Crippen LogP contribution >= 0.6 is 28.3 Å². The number of hydrogen-bond donors (Lipinski definition) is 1. The highest BCUT2D eigenvalue weighted by atomic mass is 79.9.